The van der Waals surface area contributed by atoms with Gasteiger partial charge in [-0.3, -0.25) is 4.90 Å². The molecule has 1 rings (SSSR count). The van der Waals surface area contributed by atoms with Crippen molar-refractivity contribution in [2.45, 2.75) is 19.3 Å². The zero-order valence-electron chi connectivity index (χ0n) is 6.36. The molecule has 68 valence electrons. The van der Waals surface area contributed by atoms with Crippen LogP contribution in [0.5, 0.6) is 0 Å². The molecule has 0 aliphatic carbocycles. The Morgan fingerprint density at radius 1 is 1.42 bits per heavy atom. The highest BCUT2D eigenvalue weighted by atomic mass is 32.2. The fourth-order valence-electron chi connectivity index (χ4n) is 1.18. The monoisotopic (exact) mass is 191 g/mol. The molecule has 0 spiro atoms. The first-order chi connectivity index (χ1) is 5.63. The Bertz CT molecular complexity index is 310. The van der Waals surface area contributed by atoms with Gasteiger partial charge >= 0.3 is 6.09 Å². The summed E-state index contributed by atoms with van der Waals surface area (Å²) < 4.78 is 21.1. The molecule has 0 atom stereocenters. The normalized spacial score (nSPS) is 17.7. The highest BCUT2D eigenvalue weighted by Crippen LogP contribution is 2.10. The molecule has 6 heteroatoms. The lowest BCUT2D eigenvalue weighted by Gasteiger charge is -2.23. The van der Waals surface area contributed by atoms with Crippen molar-refractivity contribution in [2.24, 2.45) is 0 Å². The van der Waals surface area contributed by atoms with Gasteiger partial charge in [-0.15, -0.1) is 0 Å². The number of hydrogen-bond donors (Lipinski definition) is 1. The number of rotatable bonds is 0. The predicted octanol–water partition coefficient (Wildman–Crippen LogP) is 0.159. The largest absolute Gasteiger partial charge is 0.465 e. The van der Waals surface area contributed by atoms with Crippen LogP contribution < -0.4 is 0 Å². The molecule has 0 saturated carbocycles. The summed E-state index contributed by atoms with van der Waals surface area (Å²) in [7, 11) is -2.39. The molecule has 1 fully saturated rings. The lowest BCUT2D eigenvalue weighted by molar-refractivity contribution is 0.166. The average Bonchev–Trinajstić information content (AvgIpc) is 2.04. The van der Waals surface area contributed by atoms with Crippen molar-refractivity contribution < 1.29 is 18.3 Å². The van der Waals surface area contributed by atoms with Crippen LogP contribution >= 0.6 is 0 Å². The van der Waals surface area contributed by atoms with Gasteiger partial charge in [0.25, 0.3) is 0 Å². The number of likely N-dealkylation sites (tertiary alicyclic amines) is 1. The molecule has 5 nitrogen and oxygen atoms in total. The van der Waals surface area contributed by atoms with Crippen molar-refractivity contribution in [1.82, 2.24) is 4.90 Å². The van der Waals surface area contributed by atoms with Gasteiger partial charge in [-0.2, -0.15) is 8.42 Å². The number of nitrogens with zero attached hydrogens (tertiary/aromatic N) is 1. The maximum atomic E-state index is 10.5. The van der Waals surface area contributed by atoms with Gasteiger partial charge in [0.15, 0.2) is 0 Å². The third kappa shape index (κ3) is 1.76. The number of amides is 1. The molecular weight excluding hydrogens is 182 g/mol. The molecule has 12 heavy (non-hydrogen) atoms. The van der Waals surface area contributed by atoms with Crippen LogP contribution in [-0.2, 0) is 10.3 Å². The van der Waals surface area contributed by atoms with Crippen molar-refractivity contribution in [2.75, 3.05) is 6.54 Å². The first-order valence-corrected chi connectivity index (χ1v) is 4.66. The number of piperidine rings is 1. The van der Waals surface area contributed by atoms with Gasteiger partial charge in [-0.05, 0) is 12.8 Å². The van der Waals surface area contributed by atoms with Crippen LogP contribution in [0.15, 0.2) is 0 Å². The minimum absolute atomic E-state index is 0.00579. The molecule has 0 aromatic rings. The van der Waals surface area contributed by atoms with E-state index < -0.39 is 16.4 Å². The summed E-state index contributed by atoms with van der Waals surface area (Å²) in [5.41, 5.74) is 0. The minimum atomic E-state index is -2.39. The van der Waals surface area contributed by atoms with E-state index in [1.54, 1.807) is 0 Å². The summed E-state index contributed by atoms with van der Waals surface area (Å²) in [6.07, 6.45) is 0.622. The molecule has 0 radical (unpaired) electrons. The Hall–Kier alpha value is -1.04. The number of carboxylic acid groups (broad SMARTS) is 1. The fourth-order valence-corrected chi connectivity index (χ4v) is 1.84. The fraction of sp³-hybridized carbons (Fsp3) is 0.667. The van der Waals surface area contributed by atoms with Gasteiger partial charge in [-0.1, -0.05) is 0 Å². The molecule has 1 saturated heterocycles. The first kappa shape index (κ1) is 9.05. The van der Waals surface area contributed by atoms with Crippen LogP contribution in [0.4, 0.5) is 4.79 Å². The summed E-state index contributed by atoms with van der Waals surface area (Å²) in [5.74, 6) is 0. The second-order valence-corrected chi connectivity index (χ2v) is 3.46. The van der Waals surface area contributed by atoms with E-state index >= 15 is 0 Å². The summed E-state index contributed by atoms with van der Waals surface area (Å²) in [6, 6.07) is 0. The predicted molar refractivity (Wildman–Crippen MR) is 42.5 cm³/mol. The zero-order valence-corrected chi connectivity index (χ0v) is 7.17. The van der Waals surface area contributed by atoms with E-state index in [4.69, 9.17) is 5.11 Å². The third-order valence-corrected chi connectivity index (χ3v) is 2.56. The molecule has 1 N–H and O–H groups in total. The highest BCUT2D eigenvalue weighted by Gasteiger charge is 2.22. The van der Waals surface area contributed by atoms with Crippen molar-refractivity contribution in [1.29, 1.82) is 0 Å². The van der Waals surface area contributed by atoms with Crippen LogP contribution in [0.1, 0.15) is 19.3 Å². The molecular formula is C6H9NO4S. The van der Waals surface area contributed by atoms with E-state index in [-0.39, 0.29) is 4.99 Å². The van der Waals surface area contributed by atoms with E-state index in [2.05, 4.69) is 0 Å². The Labute approximate surface area is 71.1 Å². The Balaban J connectivity index is 2.97. The summed E-state index contributed by atoms with van der Waals surface area (Å²) in [6.45, 7) is 0.290. The van der Waals surface area contributed by atoms with Crippen LogP contribution in [0.2, 0.25) is 0 Å². The average molecular weight is 191 g/mol. The second kappa shape index (κ2) is 3.57. The molecule has 1 aliphatic rings. The van der Waals surface area contributed by atoms with Crippen LogP contribution in [-0.4, -0.2) is 36.1 Å². The summed E-state index contributed by atoms with van der Waals surface area (Å²) in [5, 5.41) is 8.59. The zero-order chi connectivity index (χ0) is 9.14. The van der Waals surface area contributed by atoms with E-state index in [9.17, 15) is 13.2 Å². The van der Waals surface area contributed by atoms with Crippen LogP contribution in [0.3, 0.4) is 0 Å². The molecule has 0 bridgehead atoms. The van der Waals surface area contributed by atoms with Crippen molar-refractivity contribution in [3.05, 3.63) is 0 Å². The molecule has 0 aromatic heterocycles. The van der Waals surface area contributed by atoms with Crippen molar-refractivity contribution in [3.63, 3.8) is 0 Å². The van der Waals surface area contributed by atoms with Crippen molar-refractivity contribution in [3.8, 4) is 0 Å². The Kier molecular flexibility index (Phi) is 2.69. The maximum Gasteiger partial charge on any atom is 0.412 e. The van der Waals surface area contributed by atoms with Gasteiger partial charge < -0.3 is 5.11 Å². The van der Waals surface area contributed by atoms with Gasteiger partial charge in [-0.25, -0.2) is 4.79 Å². The van der Waals surface area contributed by atoms with Gasteiger partial charge in [0, 0.05) is 13.0 Å². The smallest absolute Gasteiger partial charge is 0.412 e. The first-order valence-electron chi connectivity index (χ1n) is 3.58. The Morgan fingerprint density at radius 2 is 2.08 bits per heavy atom. The molecule has 0 unspecified atom stereocenters. The molecule has 1 heterocycles. The van der Waals surface area contributed by atoms with E-state index in [1.165, 1.54) is 0 Å². The standard InChI is InChI=1S/C6H9NO4S/c8-6(9)7-4-2-1-3-5(7)12(10)11/h1-4H2,(H,8,9). The van der Waals surface area contributed by atoms with E-state index in [1.807, 2.05) is 0 Å². The number of carbonyl (C=O) groups is 1. The van der Waals surface area contributed by atoms with Crippen molar-refractivity contribution >= 4 is 21.4 Å². The quantitative estimate of drug-likeness (QED) is 0.553. The van der Waals surface area contributed by atoms with E-state index in [0.29, 0.717) is 13.0 Å². The molecule has 0 aromatic carbocycles. The van der Waals surface area contributed by atoms with Crippen LogP contribution in [0.25, 0.3) is 0 Å². The summed E-state index contributed by atoms with van der Waals surface area (Å²) in [4.78, 5) is 11.4. The van der Waals surface area contributed by atoms with Gasteiger partial charge in [0.05, 0.1) is 0 Å². The lowest BCUT2D eigenvalue weighted by atomic mass is 10.1. The Morgan fingerprint density at radius 3 is 2.50 bits per heavy atom. The highest BCUT2D eigenvalue weighted by molar-refractivity contribution is 7.72. The maximum absolute atomic E-state index is 10.5. The minimum Gasteiger partial charge on any atom is -0.465 e. The van der Waals surface area contributed by atoms with E-state index in [0.717, 1.165) is 17.7 Å². The van der Waals surface area contributed by atoms with Crippen LogP contribution in [0, 0.1) is 0 Å². The molecule has 1 aliphatic heterocycles. The topological polar surface area (TPSA) is 74.7 Å². The lowest BCUT2D eigenvalue weighted by Crippen LogP contribution is -2.39. The van der Waals surface area contributed by atoms with Gasteiger partial charge in [0.2, 0.25) is 10.3 Å². The second-order valence-electron chi connectivity index (χ2n) is 2.52. The van der Waals surface area contributed by atoms with Gasteiger partial charge in [0.1, 0.15) is 4.99 Å². The molecule has 1 amide bonds. The third-order valence-electron chi connectivity index (χ3n) is 1.75. The SMILES string of the molecule is O=C(O)N1CCCCC1=S(=O)=O. The summed E-state index contributed by atoms with van der Waals surface area (Å²) >= 11 is 0. The number of hydrogen-bond acceptors (Lipinski definition) is 3.